The van der Waals surface area contributed by atoms with Crippen LogP contribution in [0, 0.1) is 0 Å². The van der Waals surface area contributed by atoms with Gasteiger partial charge >= 0.3 is 0 Å². The Morgan fingerprint density at radius 1 is 1.12 bits per heavy atom. The zero-order valence-electron chi connectivity index (χ0n) is 13.0. The number of carbonyl (C=O) groups excluding carboxylic acids is 1. The number of ether oxygens (including phenoxy) is 1. The lowest BCUT2D eigenvalue weighted by molar-refractivity contribution is -0.116. The monoisotopic (exact) mass is 323 g/mol. The van der Waals surface area contributed by atoms with Crippen LogP contribution in [0.25, 0.3) is 0 Å². The molecule has 0 unspecified atom stereocenters. The highest BCUT2D eigenvalue weighted by atomic mass is 16.5. The first-order valence-corrected chi connectivity index (χ1v) is 7.60. The molecule has 0 saturated carbocycles. The number of amides is 1. The molecule has 1 N–H and O–H groups in total. The molecule has 0 spiro atoms. The molecule has 3 aromatic rings. The van der Waals surface area contributed by atoms with E-state index in [0.717, 1.165) is 0 Å². The second-order valence-electron chi connectivity index (χ2n) is 5.09. The van der Waals surface area contributed by atoms with Gasteiger partial charge in [-0.2, -0.15) is 5.10 Å². The molecular weight excluding hydrogens is 306 g/mol. The van der Waals surface area contributed by atoms with Crippen molar-refractivity contribution in [2.24, 2.45) is 0 Å². The SMILES string of the molecule is O=C(CCCn1cncn1)Nc1ccccc1Oc1ccncc1. The van der Waals surface area contributed by atoms with E-state index < -0.39 is 0 Å². The Bertz CT molecular complexity index is 775. The molecule has 0 radical (unpaired) electrons. The van der Waals surface area contributed by atoms with E-state index in [1.165, 1.54) is 6.33 Å². The number of aromatic nitrogens is 4. The average Bonchev–Trinajstić information content (AvgIpc) is 3.11. The van der Waals surface area contributed by atoms with Crippen molar-refractivity contribution in [3.63, 3.8) is 0 Å². The topological polar surface area (TPSA) is 81.9 Å². The molecule has 0 bridgehead atoms. The van der Waals surface area contributed by atoms with E-state index in [2.05, 4.69) is 20.4 Å². The highest BCUT2D eigenvalue weighted by Gasteiger charge is 2.08. The van der Waals surface area contributed by atoms with Gasteiger partial charge in [0, 0.05) is 25.4 Å². The summed E-state index contributed by atoms with van der Waals surface area (Å²) in [6.45, 7) is 0.655. The van der Waals surface area contributed by atoms with Crippen molar-refractivity contribution in [3.8, 4) is 11.5 Å². The van der Waals surface area contributed by atoms with E-state index in [-0.39, 0.29) is 5.91 Å². The fourth-order valence-electron chi connectivity index (χ4n) is 2.15. The first-order chi connectivity index (χ1) is 11.8. The molecule has 2 aromatic heterocycles. The largest absolute Gasteiger partial charge is 0.455 e. The van der Waals surface area contributed by atoms with Gasteiger partial charge in [0.2, 0.25) is 5.91 Å². The number of pyridine rings is 1. The normalized spacial score (nSPS) is 10.3. The second kappa shape index (κ2) is 7.87. The minimum Gasteiger partial charge on any atom is -0.455 e. The first kappa shape index (κ1) is 15.7. The number of nitrogens with zero attached hydrogens (tertiary/aromatic N) is 4. The molecule has 0 aliphatic carbocycles. The molecule has 1 aromatic carbocycles. The Kier molecular flexibility index (Phi) is 5.14. The summed E-state index contributed by atoms with van der Waals surface area (Å²) in [7, 11) is 0. The van der Waals surface area contributed by atoms with Crippen LogP contribution in [0.3, 0.4) is 0 Å². The van der Waals surface area contributed by atoms with Gasteiger partial charge in [-0.3, -0.25) is 14.5 Å². The highest BCUT2D eigenvalue weighted by molar-refractivity contribution is 5.92. The smallest absolute Gasteiger partial charge is 0.224 e. The predicted octanol–water partition coefficient (Wildman–Crippen LogP) is 2.88. The van der Waals surface area contributed by atoms with Crippen molar-refractivity contribution in [1.82, 2.24) is 19.7 Å². The van der Waals surface area contributed by atoms with Gasteiger partial charge in [-0.05, 0) is 30.7 Å². The zero-order chi connectivity index (χ0) is 16.6. The third-order valence-electron chi connectivity index (χ3n) is 3.30. The van der Waals surface area contributed by atoms with E-state index in [0.29, 0.717) is 36.6 Å². The standard InChI is InChI=1S/C17H17N5O2/c23-17(6-3-11-22-13-19-12-20-22)21-15-4-1-2-5-16(15)24-14-7-9-18-10-8-14/h1-2,4-5,7-10,12-13H,3,6,11H2,(H,21,23). The van der Waals surface area contributed by atoms with Crippen molar-refractivity contribution in [2.75, 3.05) is 5.32 Å². The highest BCUT2D eigenvalue weighted by Crippen LogP contribution is 2.28. The quantitative estimate of drug-likeness (QED) is 0.723. The maximum absolute atomic E-state index is 12.1. The van der Waals surface area contributed by atoms with Gasteiger partial charge in [-0.15, -0.1) is 0 Å². The number of nitrogens with one attached hydrogen (secondary N) is 1. The van der Waals surface area contributed by atoms with Crippen LogP contribution < -0.4 is 10.1 Å². The molecule has 0 aliphatic rings. The predicted molar refractivity (Wildman–Crippen MR) is 88.6 cm³/mol. The molecule has 3 rings (SSSR count). The Morgan fingerprint density at radius 2 is 1.96 bits per heavy atom. The molecule has 1 amide bonds. The van der Waals surface area contributed by atoms with Crippen LogP contribution in [0.2, 0.25) is 0 Å². The summed E-state index contributed by atoms with van der Waals surface area (Å²) in [4.78, 5) is 19.9. The summed E-state index contributed by atoms with van der Waals surface area (Å²) >= 11 is 0. The number of hydrogen-bond donors (Lipinski definition) is 1. The van der Waals surface area contributed by atoms with Crippen LogP contribution in [0.5, 0.6) is 11.5 Å². The zero-order valence-corrected chi connectivity index (χ0v) is 13.0. The minimum absolute atomic E-state index is 0.0686. The second-order valence-corrected chi connectivity index (χ2v) is 5.09. The summed E-state index contributed by atoms with van der Waals surface area (Å²) in [5, 5.41) is 6.89. The van der Waals surface area contributed by atoms with E-state index in [9.17, 15) is 4.79 Å². The molecular formula is C17H17N5O2. The van der Waals surface area contributed by atoms with Crippen molar-refractivity contribution < 1.29 is 9.53 Å². The van der Waals surface area contributed by atoms with Gasteiger partial charge in [0.25, 0.3) is 0 Å². The fraction of sp³-hybridized carbons (Fsp3) is 0.176. The lowest BCUT2D eigenvalue weighted by Gasteiger charge is -2.12. The fourth-order valence-corrected chi connectivity index (χ4v) is 2.15. The van der Waals surface area contributed by atoms with E-state index in [1.54, 1.807) is 35.5 Å². The Balaban J connectivity index is 1.57. The van der Waals surface area contributed by atoms with Crippen LogP contribution in [-0.2, 0) is 11.3 Å². The van der Waals surface area contributed by atoms with Crippen molar-refractivity contribution in [2.45, 2.75) is 19.4 Å². The molecule has 7 heteroatoms. The summed E-state index contributed by atoms with van der Waals surface area (Å²) in [6.07, 6.45) is 7.50. The minimum atomic E-state index is -0.0686. The number of rotatable bonds is 7. The van der Waals surface area contributed by atoms with Gasteiger partial charge in [-0.1, -0.05) is 12.1 Å². The van der Waals surface area contributed by atoms with Gasteiger partial charge in [0.1, 0.15) is 18.4 Å². The van der Waals surface area contributed by atoms with Gasteiger partial charge in [0.15, 0.2) is 5.75 Å². The summed E-state index contributed by atoms with van der Waals surface area (Å²) in [6, 6.07) is 10.9. The Hall–Kier alpha value is -3.22. The van der Waals surface area contributed by atoms with Crippen LogP contribution in [0.1, 0.15) is 12.8 Å². The van der Waals surface area contributed by atoms with Crippen LogP contribution >= 0.6 is 0 Å². The van der Waals surface area contributed by atoms with E-state index >= 15 is 0 Å². The molecule has 0 atom stereocenters. The van der Waals surface area contributed by atoms with Crippen LogP contribution in [-0.4, -0.2) is 25.7 Å². The number of hydrogen-bond acceptors (Lipinski definition) is 5. The molecule has 0 aliphatic heterocycles. The lowest BCUT2D eigenvalue weighted by Crippen LogP contribution is -2.13. The van der Waals surface area contributed by atoms with Crippen LogP contribution in [0.4, 0.5) is 5.69 Å². The van der Waals surface area contributed by atoms with E-state index in [1.807, 2.05) is 24.3 Å². The van der Waals surface area contributed by atoms with Crippen LogP contribution in [0.15, 0.2) is 61.4 Å². The summed E-state index contributed by atoms with van der Waals surface area (Å²) in [5.74, 6) is 1.19. The maximum atomic E-state index is 12.1. The van der Waals surface area contributed by atoms with E-state index in [4.69, 9.17) is 4.74 Å². The first-order valence-electron chi connectivity index (χ1n) is 7.60. The number of benzene rings is 1. The van der Waals surface area contributed by atoms with Gasteiger partial charge in [-0.25, -0.2) is 4.98 Å². The third-order valence-corrected chi connectivity index (χ3v) is 3.30. The molecule has 0 fully saturated rings. The van der Waals surface area contributed by atoms with Gasteiger partial charge in [0.05, 0.1) is 5.69 Å². The number of aryl methyl sites for hydroxylation is 1. The molecule has 122 valence electrons. The number of anilines is 1. The lowest BCUT2D eigenvalue weighted by atomic mass is 10.2. The third kappa shape index (κ3) is 4.39. The molecule has 0 saturated heterocycles. The average molecular weight is 323 g/mol. The molecule has 24 heavy (non-hydrogen) atoms. The number of carbonyl (C=O) groups is 1. The summed E-state index contributed by atoms with van der Waals surface area (Å²) in [5.41, 5.74) is 0.639. The molecule has 2 heterocycles. The van der Waals surface area contributed by atoms with Crippen molar-refractivity contribution >= 4 is 11.6 Å². The van der Waals surface area contributed by atoms with Crippen molar-refractivity contribution in [3.05, 3.63) is 61.4 Å². The Morgan fingerprint density at radius 3 is 2.75 bits per heavy atom. The Labute approximate surface area is 139 Å². The van der Waals surface area contributed by atoms with Gasteiger partial charge < -0.3 is 10.1 Å². The number of para-hydroxylation sites is 2. The van der Waals surface area contributed by atoms with Crippen molar-refractivity contribution in [1.29, 1.82) is 0 Å². The maximum Gasteiger partial charge on any atom is 0.224 e. The molecule has 7 nitrogen and oxygen atoms in total. The summed E-state index contributed by atoms with van der Waals surface area (Å²) < 4.78 is 7.50.